The SMILES string of the molecule is CCC(N)(C=O)C(=O)OCc1ccccc1. The summed E-state index contributed by atoms with van der Waals surface area (Å²) < 4.78 is 4.98. The van der Waals surface area contributed by atoms with E-state index in [1.165, 1.54) is 0 Å². The number of ether oxygens (including phenoxy) is 1. The Bertz CT molecular complexity index is 364. The molecule has 2 N–H and O–H groups in total. The molecule has 86 valence electrons. The lowest BCUT2D eigenvalue weighted by Gasteiger charge is -2.18. The van der Waals surface area contributed by atoms with Crippen LogP contribution in [0, 0.1) is 0 Å². The molecule has 0 fully saturated rings. The summed E-state index contributed by atoms with van der Waals surface area (Å²) in [7, 11) is 0. The Kier molecular flexibility index (Phi) is 4.19. The summed E-state index contributed by atoms with van der Waals surface area (Å²) in [6, 6.07) is 9.23. The lowest BCUT2D eigenvalue weighted by atomic mass is 10.0. The summed E-state index contributed by atoms with van der Waals surface area (Å²) in [4.78, 5) is 22.2. The van der Waals surface area contributed by atoms with Gasteiger partial charge in [-0.25, -0.2) is 4.79 Å². The van der Waals surface area contributed by atoms with E-state index >= 15 is 0 Å². The van der Waals surface area contributed by atoms with Crippen LogP contribution in [0.4, 0.5) is 0 Å². The molecule has 0 aliphatic heterocycles. The molecule has 0 bridgehead atoms. The Morgan fingerprint density at radius 3 is 2.56 bits per heavy atom. The van der Waals surface area contributed by atoms with Crippen molar-refractivity contribution in [2.45, 2.75) is 25.5 Å². The van der Waals surface area contributed by atoms with Crippen molar-refractivity contribution < 1.29 is 14.3 Å². The lowest BCUT2D eigenvalue weighted by Crippen LogP contribution is -2.50. The van der Waals surface area contributed by atoms with Gasteiger partial charge >= 0.3 is 5.97 Å². The molecule has 0 saturated carbocycles. The van der Waals surface area contributed by atoms with Crippen LogP contribution in [0.1, 0.15) is 18.9 Å². The molecule has 1 unspecified atom stereocenters. The Balaban J connectivity index is 2.56. The Morgan fingerprint density at radius 1 is 1.44 bits per heavy atom. The number of carbonyl (C=O) groups excluding carboxylic acids is 2. The highest BCUT2D eigenvalue weighted by molar-refractivity contribution is 5.97. The van der Waals surface area contributed by atoms with Gasteiger partial charge in [-0.2, -0.15) is 0 Å². The summed E-state index contributed by atoms with van der Waals surface area (Å²) in [5.74, 6) is -0.686. The zero-order valence-corrected chi connectivity index (χ0v) is 9.18. The average Bonchev–Trinajstić information content (AvgIpc) is 2.36. The summed E-state index contributed by atoms with van der Waals surface area (Å²) in [5, 5.41) is 0. The third-order valence-electron chi connectivity index (χ3n) is 2.39. The first-order valence-electron chi connectivity index (χ1n) is 5.08. The third kappa shape index (κ3) is 2.90. The fraction of sp³-hybridized carbons (Fsp3) is 0.333. The highest BCUT2D eigenvalue weighted by Gasteiger charge is 2.33. The van der Waals surface area contributed by atoms with Crippen LogP contribution in [-0.2, 0) is 20.9 Å². The fourth-order valence-electron chi connectivity index (χ4n) is 1.13. The Hall–Kier alpha value is -1.68. The van der Waals surface area contributed by atoms with Crippen LogP contribution in [0.15, 0.2) is 30.3 Å². The molecule has 0 aliphatic rings. The molecule has 0 saturated heterocycles. The number of hydrogen-bond acceptors (Lipinski definition) is 4. The molecule has 0 radical (unpaired) electrons. The predicted molar refractivity (Wildman–Crippen MR) is 59.5 cm³/mol. The lowest BCUT2D eigenvalue weighted by molar-refractivity contribution is -0.152. The molecule has 0 spiro atoms. The van der Waals surface area contributed by atoms with Crippen LogP contribution >= 0.6 is 0 Å². The summed E-state index contributed by atoms with van der Waals surface area (Å²) in [5.41, 5.74) is 4.90. The van der Waals surface area contributed by atoms with Crippen LogP contribution in [0.2, 0.25) is 0 Å². The molecule has 1 rings (SSSR count). The van der Waals surface area contributed by atoms with Gasteiger partial charge in [-0.05, 0) is 12.0 Å². The van der Waals surface area contributed by atoms with Crippen molar-refractivity contribution in [2.24, 2.45) is 5.73 Å². The first-order chi connectivity index (χ1) is 7.62. The van der Waals surface area contributed by atoms with Crippen LogP contribution in [0.25, 0.3) is 0 Å². The molecule has 1 aromatic rings. The quantitative estimate of drug-likeness (QED) is 0.458. The number of esters is 1. The van der Waals surface area contributed by atoms with Gasteiger partial charge in [0.1, 0.15) is 6.61 Å². The second kappa shape index (κ2) is 5.42. The molecule has 16 heavy (non-hydrogen) atoms. The van der Waals surface area contributed by atoms with Crippen molar-refractivity contribution in [2.75, 3.05) is 0 Å². The first-order valence-corrected chi connectivity index (χ1v) is 5.08. The van der Waals surface area contributed by atoms with E-state index in [0.717, 1.165) is 5.56 Å². The summed E-state index contributed by atoms with van der Waals surface area (Å²) in [6.07, 6.45) is 0.657. The van der Waals surface area contributed by atoms with Crippen LogP contribution in [0.3, 0.4) is 0 Å². The number of benzene rings is 1. The largest absolute Gasteiger partial charge is 0.459 e. The van der Waals surface area contributed by atoms with Crippen molar-refractivity contribution >= 4 is 12.3 Å². The number of rotatable bonds is 5. The highest BCUT2D eigenvalue weighted by atomic mass is 16.5. The van der Waals surface area contributed by atoms with Gasteiger partial charge in [-0.3, -0.25) is 0 Å². The number of hydrogen-bond donors (Lipinski definition) is 1. The predicted octanol–water partition coefficient (Wildman–Crippen LogP) is 1.04. The van der Waals surface area contributed by atoms with E-state index in [-0.39, 0.29) is 13.0 Å². The maximum atomic E-state index is 11.5. The van der Waals surface area contributed by atoms with Gasteiger partial charge in [0.2, 0.25) is 0 Å². The molecule has 4 nitrogen and oxygen atoms in total. The maximum absolute atomic E-state index is 11.5. The van der Waals surface area contributed by atoms with Crippen LogP contribution in [-0.4, -0.2) is 17.8 Å². The molecule has 4 heteroatoms. The normalized spacial score (nSPS) is 13.9. The highest BCUT2D eigenvalue weighted by Crippen LogP contribution is 2.08. The molecular formula is C12H15NO3. The minimum absolute atomic E-state index is 0.131. The van der Waals surface area contributed by atoms with Crippen molar-refractivity contribution in [1.29, 1.82) is 0 Å². The molecule has 1 atom stereocenters. The van der Waals surface area contributed by atoms with Gasteiger partial charge in [0.25, 0.3) is 0 Å². The fourth-order valence-corrected chi connectivity index (χ4v) is 1.13. The summed E-state index contributed by atoms with van der Waals surface area (Å²) >= 11 is 0. The monoisotopic (exact) mass is 221 g/mol. The van der Waals surface area contributed by atoms with Crippen molar-refractivity contribution in [3.05, 3.63) is 35.9 Å². The Morgan fingerprint density at radius 2 is 2.06 bits per heavy atom. The van der Waals surface area contributed by atoms with E-state index in [1.54, 1.807) is 6.92 Å². The molecule has 0 amide bonds. The van der Waals surface area contributed by atoms with E-state index < -0.39 is 11.5 Å². The maximum Gasteiger partial charge on any atom is 0.333 e. The molecule has 1 aromatic carbocycles. The Labute approximate surface area is 94.4 Å². The van der Waals surface area contributed by atoms with Gasteiger partial charge in [0.15, 0.2) is 11.8 Å². The standard InChI is InChI=1S/C12H15NO3/c1-2-12(13,9-14)11(15)16-8-10-6-4-3-5-7-10/h3-7,9H,2,8,13H2,1H3. The number of nitrogens with two attached hydrogens (primary N) is 1. The number of aldehydes is 1. The zero-order chi connectivity index (χ0) is 12.0. The second-order valence-corrected chi connectivity index (χ2v) is 3.57. The van der Waals surface area contributed by atoms with Crippen LogP contribution in [0.5, 0.6) is 0 Å². The van der Waals surface area contributed by atoms with Crippen LogP contribution < -0.4 is 5.73 Å². The third-order valence-corrected chi connectivity index (χ3v) is 2.39. The second-order valence-electron chi connectivity index (χ2n) is 3.57. The smallest absolute Gasteiger partial charge is 0.333 e. The molecule has 0 aromatic heterocycles. The molecular weight excluding hydrogens is 206 g/mol. The van der Waals surface area contributed by atoms with Gasteiger partial charge in [-0.15, -0.1) is 0 Å². The van der Waals surface area contributed by atoms with Gasteiger partial charge in [-0.1, -0.05) is 37.3 Å². The molecule has 0 aliphatic carbocycles. The summed E-state index contributed by atoms with van der Waals surface area (Å²) in [6.45, 7) is 1.80. The van der Waals surface area contributed by atoms with Crippen molar-refractivity contribution in [3.63, 3.8) is 0 Å². The van der Waals surface area contributed by atoms with Gasteiger partial charge < -0.3 is 15.3 Å². The van der Waals surface area contributed by atoms with E-state index in [2.05, 4.69) is 0 Å². The van der Waals surface area contributed by atoms with E-state index in [0.29, 0.717) is 6.29 Å². The zero-order valence-electron chi connectivity index (χ0n) is 9.18. The van der Waals surface area contributed by atoms with E-state index in [1.807, 2.05) is 30.3 Å². The first kappa shape index (κ1) is 12.4. The topological polar surface area (TPSA) is 69.4 Å². The number of carbonyl (C=O) groups is 2. The molecule has 0 heterocycles. The van der Waals surface area contributed by atoms with Crippen molar-refractivity contribution in [3.8, 4) is 0 Å². The van der Waals surface area contributed by atoms with Gasteiger partial charge in [0, 0.05) is 0 Å². The van der Waals surface area contributed by atoms with E-state index in [9.17, 15) is 9.59 Å². The van der Waals surface area contributed by atoms with E-state index in [4.69, 9.17) is 10.5 Å². The minimum Gasteiger partial charge on any atom is -0.459 e. The van der Waals surface area contributed by atoms with Crippen molar-refractivity contribution in [1.82, 2.24) is 0 Å². The minimum atomic E-state index is -1.52. The van der Waals surface area contributed by atoms with Gasteiger partial charge in [0.05, 0.1) is 0 Å². The average molecular weight is 221 g/mol.